The Morgan fingerprint density at radius 2 is 1.96 bits per heavy atom. The number of carbonyl (C=O) groups excluding carboxylic acids is 3. The maximum atomic E-state index is 13.2. The molecule has 10 heteroatoms. The van der Waals surface area contributed by atoms with Crippen molar-refractivity contribution in [3.8, 4) is 0 Å². The van der Waals surface area contributed by atoms with E-state index in [2.05, 4.69) is 5.32 Å². The Labute approximate surface area is 162 Å². The van der Waals surface area contributed by atoms with Crippen molar-refractivity contribution in [2.24, 2.45) is 0 Å². The zero-order valence-electron chi connectivity index (χ0n) is 15.6. The second-order valence-electron chi connectivity index (χ2n) is 7.15. The first kappa shape index (κ1) is 20.2. The average molecular weight is 411 g/mol. The first-order valence-electron chi connectivity index (χ1n) is 8.96. The Hall–Kier alpha value is -2.49. The molecule has 2 fully saturated rings. The fourth-order valence-electron chi connectivity index (χ4n) is 3.67. The van der Waals surface area contributed by atoms with Crippen molar-refractivity contribution < 1.29 is 27.2 Å². The minimum Gasteiger partial charge on any atom is -0.340 e. The molecule has 4 amide bonds. The number of benzene rings is 1. The van der Waals surface area contributed by atoms with Gasteiger partial charge in [0.1, 0.15) is 17.9 Å². The molecule has 2 aliphatic rings. The summed E-state index contributed by atoms with van der Waals surface area (Å²) < 4.78 is 36.5. The van der Waals surface area contributed by atoms with Gasteiger partial charge in [0.15, 0.2) is 9.84 Å². The number of nitrogens with zero attached hydrogens (tertiary/aromatic N) is 2. The molecular formula is C18H22FN3O5S. The highest BCUT2D eigenvalue weighted by Crippen LogP contribution is 2.32. The lowest BCUT2D eigenvalue weighted by Crippen LogP contribution is -2.47. The third-order valence-electron chi connectivity index (χ3n) is 5.49. The van der Waals surface area contributed by atoms with Gasteiger partial charge in [0.25, 0.3) is 5.91 Å². The fraction of sp³-hybridized carbons (Fsp3) is 0.500. The molecule has 8 nitrogen and oxygen atoms in total. The quantitative estimate of drug-likeness (QED) is 0.716. The summed E-state index contributed by atoms with van der Waals surface area (Å²) >= 11 is 0. The van der Waals surface area contributed by atoms with Gasteiger partial charge in [-0.15, -0.1) is 0 Å². The zero-order valence-corrected chi connectivity index (χ0v) is 16.5. The van der Waals surface area contributed by atoms with E-state index >= 15 is 0 Å². The number of hydrogen-bond donors (Lipinski definition) is 1. The van der Waals surface area contributed by atoms with Gasteiger partial charge in [-0.1, -0.05) is 19.1 Å². The molecule has 0 saturated carbocycles. The van der Waals surface area contributed by atoms with Gasteiger partial charge in [0.2, 0.25) is 5.91 Å². The van der Waals surface area contributed by atoms with E-state index in [1.54, 1.807) is 6.92 Å². The summed E-state index contributed by atoms with van der Waals surface area (Å²) in [6.07, 6.45) is 0.559. The first-order valence-corrected chi connectivity index (χ1v) is 10.8. The predicted molar refractivity (Wildman–Crippen MR) is 98.4 cm³/mol. The van der Waals surface area contributed by atoms with Gasteiger partial charge in [-0.25, -0.2) is 17.6 Å². The number of sulfone groups is 1. The molecule has 2 saturated heterocycles. The van der Waals surface area contributed by atoms with Crippen LogP contribution in [0.4, 0.5) is 9.18 Å². The lowest BCUT2D eigenvalue weighted by atomic mass is 9.87. The molecule has 0 bridgehead atoms. The molecule has 1 aromatic rings. The van der Waals surface area contributed by atoms with Crippen LogP contribution in [-0.2, 0) is 25.0 Å². The largest absolute Gasteiger partial charge is 0.340 e. The maximum Gasteiger partial charge on any atom is 0.325 e. The van der Waals surface area contributed by atoms with E-state index in [1.165, 1.54) is 36.2 Å². The van der Waals surface area contributed by atoms with Crippen molar-refractivity contribution in [2.75, 3.05) is 25.1 Å². The van der Waals surface area contributed by atoms with Crippen molar-refractivity contribution in [3.05, 3.63) is 35.6 Å². The number of likely N-dealkylation sites (N-methyl/N-ethyl adjacent to an activating group) is 1. The van der Waals surface area contributed by atoms with Gasteiger partial charge in [-0.3, -0.25) is 14.5 Å². The molecular weight excluding hydrogens is 389 g/mol. The van der Waals surface area contributed by atoms with E-state index in [4.69, 9.17) is 0 Å². The normalized spacial score (nSPS) is 26.4. The fourth-order valence-corrected chi connectivity index (χ4v) is 5.45. The summed E-state index contributed by atoms with van der Waals surface area (Å²) in [6.45, 7) is 1.23. The minimum absolute atomic E-state index is 0.0158. The molecule has 2 heterocycles. The van der Waals surface area contributed by atoms with Crippen LogP contribution in [-0.4, -0.2) is 67.2 Å². The van der Waals surface area contributed by atoms with Gasteiger partial charge >= 0.3 is 6.03 Å². The number of rotatable bonds is 5. The molecule has 0 aliphatic carbocycles. The van der Waals surface area contributed by atoms with Crippen LogP contribution in [0.2, 0.25) is 0 Å². The lowest BCUT2D eigenvalue weighted by Gasteiger charge is -2.27. The Balaban J connectivity index is 1.78. The molecule has 0 radical (unpaired) electrons. The maximum absolute atomic E-state index is 13.2. The summed E-state index contributed by atoms with van der Waals surface area (Å²) in [5.74, 6) is -1.68. The summed E-state index contributed by atoms with van der Waals surface area (Å²) in [5, 5.41) is 2.63. The molecule has 2 aliphatic heterocycles. The van der Waals surface area contributed by atoms with Gasteiger partial charge in [-0.2, -0.15) is 0 Å². The van der Waals surface area contributed by atoms with Gasteiger partial charge < -0.3 is 10.2 Å². The zero-order chi connectivity index (χ0) is 20.7. The molecule has 28 heavy (non-hydrogen) atoms. The van der Waals surface area contributed by atoms with E-state index in [9.17, 15) is 27.2 Å². The number of halogens is 1. The third-order valence-corrected chi connectivity index (χ3v) is 7.24. The van der Waals surface area contributed by atoms with Crippen molar-refractivity contribution >= 4 is 27.7 Å². The van der Waals surface area contributed by atoms with Crippen LogP contribution in [0, 0.1) is 5.82 Å². The highest BCUT2D eigenvalue weighted by atomic mass is 32.2. The van der Waals surface area contributed by atoms with Crippen LogP contribution in [0.1, 0.15) is 25.3 Å². The van der Waals surface area contributed by atoms with E-state index in [0.717, 1.165) is 4.90 Å². The number of carbonyl (C=O) groups is 3. The molecule has 1 aromatic carbocycles. The summed E-state index contributed by atoms with van der Waals surface area (Å²) in [6, 6.07) is 4.08. The Kier molecular flexibility index (Phi) is 5.18. The van der Waals surface area contributed by atoms with Crippen LogP contribution in [0.3, 0.4) is 0 Å². The topological polar surface area (TPSA) is 104 Å². The SMILES string of the molecule is CC[C@]1(c2ccc(F)cc2)NC(=O)N(CC(=O)N(C)[C@H]2CCS(=O)(=O)C2)C1=O. The number of nitrogens with one attached hydrogen (secondary N) is 1. The van der Waals surface area contributed by atoms with Crippen LogP contribution < -0.4 is 5.32 Å². The van der Waals surface area contributed by atoms with Crippen LogP contribution in [0.5, 0.6) is 0 Å². The number of imide groups is 1. The average Bonchev–Trinajstić information content (AvgIpc) is 3.13. The van der Waals surface area contributed by atoms with Crippen LogP contribution >= 0.6 is 0 Å². The predicted octanol–water partition coefficient (Wildman–Crippen LogP) is 0.628. The van der Waals surface area contributed by atoms with Crippen molar-refractivity contribution in [3.63, 3.8) is 0 Å². The Bertz CT molecular complexity index is 918. The minimum atomic E-state index is -3.17. The number of hydrogen-bond acceptors (Lipinski definition) is 5. The van der Waals surface area contributed by atoms with Crippen molar-refractivity contribution in [2.45, 2.75) is 31.3 Å². The standard InChI is InChI=1S/C18H22FN3O5S/c1-3-18(12-4-6-13(19)7-5-12)16(24)22(17(25)20-18)10-15(23)21(2)14-8-9-28(26,27)11-14/h4-7,14H,3,8-11H2,1-2H3,(H,20,25)/t14-,18+/m0/s1. The van der Waals surface area contributed by atoms with E-state index < -0.39 is 51.6 Å². The smallest absolute Gasteiger partial charge is 0.325 e. The third kappa shape index (κ3) is 3.48. The monoisotopic (exact) mass is 411 g/mol. The lowest BCUT2D eigenvalue weighted by molar-refractivity contribution is -0.139. The van der Waals surface area contributed by atoms with E-state index in [1.807, 2.05) is 0 Å². The molecule has 2 atom stereocenters. The summed E-state index contributed by atoms with van der Waals surface area (Å²) in [4.78, 5) is 40.1. The Morgan fingerprint density at radius 3 is 2.50 bits per heavy atom. The highest BCUT2D eigenvalue weighted by Gasteiger charge is 2.52. The number of urea groups is 1. The highest BCUT2D eigenvalue weighted by molar-refractivity contribution is 7.91. The van der Waals surface area contributed by atoms with Gasteiger partial charge in [0.05, 0.1) is 11.5 Å². The molecule has 0 unspecified atom stereocenters. The summed E-state index contributed by atoms with van der Waals surface area (Å²) in [5.41, 5.74) is -0.930. The van der Waals surface area contributed by atoms with E-state index in [-0.39, 0.29) is 17.9 Å². The molecule has 0 aromatic heterocycles. The van der Waals surface area contributed by atoms with Crippen LogP contribution in [0.25, 0.3) is 0 Å². The van der Waals surface area contributed by atoms with Crippen molar-refractivity contribution in [1.82, 2.24) is 15.1 Å². The molecule has 3 rings (SSSR count). The molecule has 1 N–H and O–H groups in total. The second kappa shape index (κ2) is 7.16. The molecule has 152 valence electrons. The molecule has 0 spiro atoms. The van der Waals surface area contributed by atoms with Crippen molar-refractivity contribution in [1.29, 1.82) is 0 Å². The van der Waals surface area contributed by atoms with Gasteiger partial charge in [0, 0.05) is 13.1 Å². The van der Waals surface area contributed by atoms with E-state index in [0.29, 0.717) is 12.0 Å². The first-order chi connectivity index (χ1) is 13.1. The Morgan fingerprint density at radius 1 is 1.32 bits per heavy atom. The van der Waals surface area contributed by atoms with Gasteiger partial charge in [-0.05, 0) is 30.5 Å². The second-order valence-corrected chi connectivity index (χ2v) is 9.38. The number of amides is 4. The van der Waals surface area contributed by atoms with Crippen LogP contribution in [0.15, 0.2) is 24.3 Å². The summed E-state index contributed by atoms with van der Waals surface area (Å²) in [7, 11) is -1.70.